The van der Waals surface area contributed by atoms with Crippen LogP contribution in [0.5, 0.6) is 5.75 Å². The normalized spacial score (nSPS) is 11.9. The average Bonchev–Trinajstić information content (AvgIpc) is 2.37. The second-order valence-electron chi connectivity index (χ2n) is 3.55. The zero-order chi connectivity index (χ0) is 14.1. The Morgan fingerprint density at radius 2 is 1.79 bits per heavy atom. The Hall–Kier alpha value is -1.41. The van der Waals surface area contributed by atoms with Crippen LogP contribution >= 0.6 is 0 Å². The Morgan fingerprint density at radius 3 is 2.37 bits per heavy atom. The van der Waals surface area contributed by atoms with E-state index in [1.165, 1.54) is 6.08 Å². The van der Waals surface area contributed by atoms with Crippen LogP contribution in [0, 0.1) is 0 Å². The van der Waals surface area contributed by atoms with E-state index in [9.17, 15) is 8.42 Å². The monoisotopic (exact) mass is 288 g/mol. The molecule has 0 amide bonds. The molecule has 1 N–H and O–H groups in total. The summed E-state index contributed by atoms with van der Waals surface area (Å²) in [5.74, 6) is 0.783. The Morgan fingerprint density at radius 1 is 1.16 bits per heavy atom. The minimum atomic E-state index is -4.37. The van der Waals surface area contributed by atoms with Gasteiger partial charge < -0.3 is 9.47 Å². The van der Waals surface area contributed by atoms with Gasteiger partial charge in [-0.15, -0.1) is 0 Å². The van der Waals surface area contributed by atoms with Crippen molar-refractivity contribution in [3.05, 3.63) is 42.0 Å². The number of methoxy groups -OCH3 is 1. The van der Waals surface area contributed by atoms with E-state index >= 15 is 0 Å². The number of rotatable bonds is 8. The number of ether oxygens (including phenoxy) is 2. The van der Waals surface area contributed by atoms with Crippen molar-refractivity contribution in [2.75, 3.05) is 20.3 Å². The quantitative estimate of drug-likeness (QED) is 0.444. The van der Waals surface area contributed by atoms with Gasteiger partial charge in [0.05, 0.1) is 26.9 Å². The van der Waals surface area contributed by atoms with Gasteiger partial charge in [0.2, 0.25) is 0 Å². The van der Waals surface area contributed by atoms with Gasteiger partial charge in [-0.05, 0) is 17.7 Å². The number of hydrogen-bond donors (Lipinski definition) is 1. The van der Waals surface area contributed by atoms with Crippen molar-refractivity contribution in [2.24, 2.45) is 0 Å². The minimum absolute atomic E-state index is 0.218. The van der Waals surface area contributed by atoms with Gasteiger partial charge in [0.1, 0.15) is 5.75 Å². The zero-order valence-corrected chi connectivity index (χ0v) is 11.3. The van der Waals surface area contributed by atoms with Crippen molar-refractivity contribution in [1.82, 2.24) is 0 Å². The third kappa shape index (κ3) is 7.58. The highest BCUT2D eigenvalue weighted by Gasteiger charge is 2.00. The first kappa shape index (κ1) is 15.6. The molecule has 0 unspecified atom stereocenters. The summed E-state index contributed by atoms with van der Waals surface area (Å²) in [6.07, 6.45) is 3.05. The topological polar surface area (TPSA) is 82.1 Å². The van der Waals surface area contributed by atoms with E-state index in [0.29, 0.717) is 13.2 Å². The summed E-state index contributed by atoms with van der Waals surface area (Å²) in [4.78, 5) is 0. The lowest BCUT2D eigenvalue weighted by molar-refractivity contribution is 0.148. The van der Waals surface area contributed by atoms with Crippen LogP contribution in [0.25, 0.3) is 0 Å². The third-order valence-electron chi connectivity index (χ3n) is 2.12. The first-order valence-electron chi connectivity index (χ1n) is 5.49. The molecule has 6 nitrogen and oxygen atoms in total. The van der Waals surface area contributed by atoms with Gasteiger partial charge in [0.25, 0.3) is 0 Å². The van der Waals surface area contributed by atoms with Crippen molar-refractivity contribution >= 4 is 10.4 Å². The molecule has 0 aliphatic rings. The van der Waals surface area contributed by atoms with Crippen LogP contribution in [-0.4, -0.2) is 33.3 Å². The lowest BCUT2D eigenvalue weighted by atomic mass is 10.2. The van der Waals surface area contributed by atoms with Gasteiger partial charge in [-0.1, -0.05) is 24.3 Å². The Kier molecular flexibility index (Phi) is 6.51. The van der Waals surface area contributed by atoms with E-state index in [2.05, 4.69) is 4.18 Å². The maximum atomic E-state index is 10.2. The molecule has 7 heteroatoms. The summed E-state index contributed by atoms with van der Waals surface area (Å²) in [5, 5.41) is 0. The van der Waals surface area contributed by atoms with E-state index in [0.717, 1.165) is 11.3 Å². The van der Waals surface area contributed by atoms with Crippen LogP contribution < -0.4 is 4.74 Å². The van der Waals surface area contributed by atoms with Crippen LogP contribution in [0.3, 0.4) is 0 Å². The first-order valence-corrected chi connectivity index (χ1v) is 6.85. The highest BCUT2D eigenvalue weighted by atomic mass is 32.3. The fraction of sp³-hybridized carbons (Fsp3) is 0.333. The summed E-state index contributed by atoms with van der Waals surface area (Å²) in [5.41, 5.74) is 1.00. The number of benzene rings is 1. The molecule has 0 aromatic heterocycles. The van der Waals surface area contributed by atoms with E-state index in [1.54, 1.807) is 13.2 Å². The van der Waals surface area contributed by atoms with Gasteiger partial charge in [0, 0.05) is 0 Å². The SMILES string of the molecule is COc1ccc(COC/C=C\COS(=O)(=O)O)cc1. The summed E-state index contributed by atoms with van der Waals surface area (Å²) in [6, 6.07) is 7.47. The lowest BCUT2D eigenvalue weighted by Crippen LogP contribution is -2.03. The standard InChI is InChI=1S/C12H16O6S/c1-16-12-6-4-11(5-7-12)10-17-8-2-3-9-18-19(13,14)15/h2-7H,8-10H2,1H3,(H,13,14,15)/b3-2-. The molecule has 0 saturated heterocycles. The van der Waals surface area contributed by atoms with Gasteiger partial charge in [-0.3, -0.25) is 4.55 Å². The minimum Gasteiger partial charge on any atom is -0.497 e. The summed E-state index contributed by atoms with van der Waals surface area (Å²) in [7, 11) is -2.77. The van der Waals surface area contributed by atoms with Gasteiger partial charge in [-0.2, -0.15) is 8.42 Å². The highest BCUT2D eigenvalue weighted by Crippen LogP contribution is 2.11. The smallest absolute Gasteiger partial charge is 0.397 e. The Balaban J connectivity index is 2.18. The highest BCUT2D eigenvalue weighted by molar-refractivity contribution is 7.80. The predicted molar refractivity (Wildman–Crippen MR) is 69.3 cm³/mol. The molecule has 0 radical (unpaired) electrons. The second-order valence-corrected chi connectivity index (χ2v) is 4.64. The molecule has 106 valence electrons. The van der Waals surface area contributed by atoms with Crippen LogP contribution in [0.4, 0.5) is 0 Å². The number of hydrogen-bond acceptors (Lipinski definition) is 5. The maximum Gasteiger partial charge on any atom is 0.397 e. The molecular weight excluding hydrogens is 272 g/mol. The summed E-state index contributed by atoms with van der Waals surface area (Å²) >= 11 is 0. The molecule has 0 aliphatic carbocycles. The van der Waals surface area contributed by atoms with Crippen LogP contribution in [0.2, 0.25) is 0 Å². The van der Waals surface area contributed by atoms with E-state index < -0.39 is 10.4 Å². The molecule has 0 spiro atoms. The largest absolute Gasteiger partial charge is 0.497 e. The molecule has 19 heavy (non-hydrogen) atoms. The maximum absolute atomic E-state index is 10.2. The third-order valence-corrected chi connectivity index (χ3v) is 2.56. The van der Waals surface area contributed by atoms with Crippen molar-refractivity contribution in [3.63, 3.8) is 0 Å². The van der Waals surface area contributed by atoms with E-state index in [1.807, 2.05) is 24.3 Å². The van der Waals surface area contributed by atoms with Gasteiger partial charge in [0.15, 0.2) is 0 Å². The van der Waals surface area contributed by atoms with Crippen molar-refractivity contribution in [1.29, 1.82) is 0 Å². The van der Waals surface area contributed by atoms with Crippen molar-refractivity contribution in [2.45, 2.75) is 6.61 Å². The zero-order valence-electron chi connectivity index (χ0n) is 10.5. The predicted octanol–water partition coefficient (Wildman–Crippen LogP) is 1.59. The Bertz CT molecular complexity index is 491. The molecule has 0 fully saturated rings. The molecule has 1 rings (SSSR count). The van der Waals surface area contributed by atoms with Crippen molar-refractivity contribution in [3.8, 4) is 5.75 Å². The van der Waals surface area contributed by atoms with Gasteiger partial charge in [-0.25, -0.2) is 4.18 Å². The second kappa shape index (κ2) is 7.90. The van der Waals surface area contributed by atoms with Crippen LogP contribution in [-0.2, 0) is 25.9 Å². The van der Waals surface area contributed by atoms with Crippen LogP contribution in [0.1, 0.15) is 5.56 Å². The molecule has 1 aromatic rings. The van der Waals surface area contributed by atoms with E-state index in [4.69, 9.17) is 14.0 Å². The fourth-order valence-corrected chi connectivity index (χ4v) is 1.48. The molecule has 0 heterocycles. The Labute approximate surface area is 112 Å². The summed E-state index contributed by atoms with van der Waals surface area (Å²) in [6.45, 7) is 0.541. The lowest BCUT2D eigenvalue weighted by Gasteiger charge is -2.03. The average molecular weight is 288 g/mol. The van der Waals surface area contributed by atoms with Gasteiger partial charge >= 0.3 is 10.4 Å². The molecule has 0 atom stereocenters. The van der Waals surface area contributed by atoms with E-state index in [-0.39, 0.29) is 6.61 Å². The molecular formula is C12H16O6S. The van der Waals surface area contributed by atoms with Crippen molar-refractivity contribution < 1.29 is 26.6 Å². The molecule has 1 aromatic carbocycles. The summed E-state index contributed by atoms with van der Waals surface area (Å²) < 4.78 is 43.2. The molecule has 0 aliphatic heterocycles. The first-order chi connectivity index (χ1) is 9.01. The fourth-order valence-electron chi connectivity index (χ4n) is 1.23. The molecule has 0 bridgehead atoms. The van der Waals surface area contributed by atoms with Crippen LogP contribution in [0.15, 0.2) is 36.4 Å². The molecule has 0 saturated carbocycles.